The summed E-state index contributed by atoms with van der Waals surface area (Å²) >= 11 is 0. The number of halogens is 3. The van der Waals surface area contributed by atoms with Crippen LogP contribution >= 0.6 is 0 Å². The van der Waals surface area contributed by atoms with E-state index in [0.717, 1.165) is 28.1 Å². The van der Waals surface area contributed by atoms with Gasteiger partial charge in [-0.25, -0.2) is 4.98 Å². The number of amides is 1. The zero-order chi connectivity index (χ0) is 24.9. The van der Waals surface area contributed by atoms with Gasteiger partial charge in [-0.15, -0.1) is 0 Å². The van der Waals surface area contributed by atoms with Gasteiger partial charge in [0.05, 0.1) is 0 Å². The van der Waals surface area contributed by atoms with E-state index in [-0.39, 0.29) is 5.69 Å². The second-order valence-corrected chi connectivity index (χ2v) is 7.86. The third-order valence-electron chi connectivity index (χ3n) is 4.86. The minimum atomic E-state index is -4.94. The molecule has 5 nitrogen and oxygen atoms in total. The van der Waals surface area contributed by atoms with Gasteiger partial charge in [0.25, 0.3) is 0 Å². The van der Waals surface area contributed by atoms with Crippen LogP contribution in [-0.4, -0.2) is 24.1 Å². The Hall–Kier alpha value is -4.07. The van der Waals surface area contributed by atoms with E-state index in [1.807, 2.05) is 62.6 Å². The maximum Gasteiger partial charge on any atom is 0.471 e. The molecule has 0 atom stereocenters. The van der Waals surface area contributed by atoms with Gasteiger partial charge in [-0.2, -0.15) is 13.2 Å². The van der Waals surface area contributed by atoms with Crippen molar-refractivity contribution in [3.8, 4) is 0 Å². The molecule has 0 aliphatic heterocycles. The van der Waals surface area contributed by atoms with Crippen LogP contribution in [0.25, 0.3) is 5.70 Å². The summed E-state index contributed by atoms with van der Waals surface area (Å²) < 4.78 is 37.3. The molecule has 0 aliphatic carbocycles. The van der Waals surface area contributed by atoms with E-state index >= 15 is 0 Å². The highest BCUT2D eigenvalue weighted by Crippen LogP contribution is 2.28. The number of nitrogens with one attached hydrogen (secondary N) is 2. The zero-order valence-electron chi connectivity index (χ0n) is 19.1. The predicted molar refractivity (Wildman–Crippen MR) is 131 cm³/mol. The first kappa shape index (κ1) is 24.6. The molecule has 0 spiro atoms. The van der Waals surface area contributed by atoms with Crippen LogP contribution in [0.3, 0.4) is 0 Å². The van der Waals surface area contributed by atoms with Gasteiger partial charge in [0.15, 0.2) is 0 Å². The van der Waals surface area contributed by atoms with Crippen molar-refractivity contribution >= 4 is 34.5 Å². The number of aromatic nitrogens is 1. The van der Waals surface area contributed by atoms with E-state index in [1.165, 1.54) is 12.1 Å². The van der Waals surface area contributed by atoms with Crippen LogP contribution in [0.15, 0.2) is 85.1 Å². The molecule has 3 rings (SSSR count). The Labute approximate surface area is 196 Å². The summed E-state index contributed by atoms with van der Waals surface area (Å²) in [5.41, 5.74) is 5.53. The number of benzene rings is 2. The Balaban J connectivity index is 1.82. The molecule has 0 radical (unpaired) electrons. The van der Waals surface area contributed by atoms with Gasteiger partial charge in [0.1, 0.15) is 5.82 Å². The van der Waals surface area contributed by atoms with Crippen molar-refractivity contribution in [1.82, 2.24) is 4.98 Å². The van der Waals surface area contributed by atoms with Crippen molar-refractivity contribution < 1.29 is 18.0 Å². The van der Waals surface area contributed by atoms with Crippen LogP contribution in [-0.2, 0) is 4.79 Å². The Morgan fingerprint density at radius 1 is 1.06 bits per heavy atom. The number of aryl methyl sites for hydroxylation is 1. The molecule has 0 saturated heterocycles. The molecule has 8 heteroatoms. The van der Waals surface area contributed by atoms with Crippen LogP contribution < -0.4 is 15.5 Å². The molecule has 0 saturated carbocycles. The van der Waals surface area contributed by atoms with Crippen LogP contribution in [0.5, 0.6) is 0 Å². The fraction of sp³-hybridized carbons (Fsp3) is 0.154. The van der Waals surface area contributed by atoms with Gasteiger partial charge >= 0.3 is 12.1 Å². The van der Waals surface area contributed by atoms with E-state index in [4.69, 9.17) is 0 Å². The third kappa shape index (κ3) is 6.48. The molecule has 0 bridgehead atoms. The number of rotatable bonds is 7. The Kier molecular flexibility index (Phi) is 7.40. The summed E-state index contributed by atoms with van der Waals surface area (Å²) in [4.78, 5) is 17.5. The molecule has 0 fully saturated rings. The van der Waals surface area contributed by atoms with E-state index in [9.17, 15) is 18.0 Å². The highest BCUT2D eigenvalue weighted by molar-refractivity contribution is 5.95. The molecular weight excluding hydrogens is 441 g/mol. The average molecular weight is 467 g/mol. The Morgan fingerprint density at radius 3 is 2.35 bits per heavy atom. The van der Waals surface area contributed by atoms with Crippen molar-refractivity contribution in [3.63, 3.8) is 0 Å². The normalized spacial score (nSPS) is 11.6. The maximum absolute atomic E-state index is 12.4. The molecule has 176 valence electrons. The average Bonchev–Trinajstić information content (AvgIpc) is 2.78. The molecule has 0 unspecified atom stereocenters. The number of hydrogen-bond acceptors (Lipinski definition) is 4. The zero-order valence-corrected chi connectivity index (χ0v) is 19.1. The smallest absolute Gasteiger partial charge is 0.344 e. The Morgan fingerprint density at radius 2 is 1.74 bits per heavy atom. The van der Waals surface area contributed by atoms with Gasteiger partial charge in [-0.05, 0) is 74.0 Å². The molecule has 1 amide bonds. The second kappa shape index (κ2) is 10.2. The largest absolute Gasteiger partial charge is 0.471 e. The Bertz CT molecular complexity index is 1220. The maximum atomic E-state index is 12.4. The fourth-order valence-electron chi connectivity index (χ4n) is 3.23. The van der Waals surface area contributed by atoms with Crippen LogP contribution in [0, 0.1) is 6.92 Å². The number of nitrogens with zero attached hydrogens (tertiary/aromatic N) is 2. The number of alkyl halides is 3. The van der Waals surface area contributed by atoms with Gasteiger partial charge in [0, 0.05) is 41.6 Å². The molecule has 1 aromatic heterocycles. The lowest BCUT2D eigenvalue weighted by Gasteiger charge is -2.24. The molecule has 2 aromatic carbocycles. The summed E-state index contributed by atoms with van der Waals surface area (Å²) in [6.07, 6.45) is -1.28. The van der Waals surface area contributed by atoms with Crippen molar-refractivity contribution in [2.45, 2.75) is 20.0 Å². The first-order valence-corrected chi connectivity index (χ1v) is 10.4. The number of anilines is 4. The third-order valence-corrected chi connectivity index (χ3v) is 4.86. The summed E-state index contributed by atoms with van der Waals surface area (Å²) in [7, 11) is 1.98. The highest BCUT2D eigenvalue weighted by atomic mass is 19.4. The number of hydrogen-bond donors (Lipinski definition) is 2. The summed E-state index contributed by atoms with van der Waals surface area (Å²) in [5.74, 6) is -1.47. The molecule has 1 heterocycles. The lowest BCUT2D eigenvalue weighted by molar-refractivity contribution is -0.167. The molecule has 34 heavy (non-hydrogen) atoms. The van der Waals surface area contributed by atoms with Gasteiger partial charge < -0.3 is 15.5 Å². The second-order valence-electron chi connectivity index (χ2n) is 7.86. The number of carbonyl (C=O) groups excluding carboxylic acids is 1. The monoisotopic (exact) mass is 466 g/mol. The summed E-state index contributed by atoms with van der Waals surface area (Å²) in [5, 5.41) is 4.96. The SMILES string of the molecule is C=C(C)/C=C(/c1ccnc(Nc2ccc(NC(=O)C(F)(F)F)cc2)c1)N(C)c1cccc(C)c1. The first-order valence-electron chi connectivity index (χ1n) is 10.4. The van der Waals surface area contributed by atoms with Gasteiger partial charge in [-0.1, -0.05) is 24.3 Å². The van der Waals surface area contributed by atoms with E-state index in [2.05, 4.69) is 27.8 Å². The highest BCUT2D eigenvalue weighted by Gasteiger charge is 2.38. The minimum absolute atomic E-state index is 0.0426. The predicted octanol–water partition coefficient (Wildman–Crippen LogP) is 6.69. The van der Waals surface area contributed by atoms with Crippen molar-refractivity contribution in [1.29, 1.82) is 0 Å². The quantitative estimate of drug-likeness (QED) is 0.381. The summed E-state index contributed by atoms with van der Waals surface area (Å²) in [6, 6.07) is 17.8. The number of carbonyl (C=O) groups is 1. The fourth-order valence-corrected chi connectivity index (χ4v) is 3.23. The van der Waals surface area contributed by atoms with Crippen LogP contribution in [0.2, 0.25) is 0 Å². The lowest BCUT2D eigenvalue weighted by Crippen LogP contribution is -2.29. The van der Waals surface area contributed by atoms with E-state index in [1.54, 1.807) is 18.3 Å². The first-order chi connectivity index (χ1) is 16.0. The molecule has 0 aliphatic rings. The number of allylic oxidation sites excluding steroid dienone is 2. The molecule has 2 N–H and O–H groups in total. The topological polar surface area (TPSA) is 57.3 Å². The molecule has 3 aromatic rings. The van der Waals surface area contributed by atoms with E-state index in [0.29, 0.717) is 11.5 Å². The van der Waals surface area contributed by atoms with E-state index < -0.39 is 12.1 Å². The number of pyridine rings is 1. The lowest BCUT2D eigenvalue weighted by atomic mass is 10.1. The standard InChI is InChI=1S/C26H25F3N4O/c1-17(2)14-23(33(4)22-7-5-6-18(3)15-22)19-12-13-30-24(16-19)31-20-8-10-21(11-9-20)32-25(34)26(27,28)29/h5-16H,1H2,2-4H3,(H,30,31)(H,32,34)/b23-14-. The van der Waals surface area contributed by atoms with Gasteiger partial charge in [-0.3, -0.25) is 4.79 Å². The van der Waals surface area contributed by atoms with Crippen LogP contribution in [0.4, 0.5) is 36.1 Å². The molecular formula is C26H25F3N4O. The van der Waals surface area contributed by atoms with Gasteiger partial charge in [0.2, 0.25) is 0 Å². The van der Waals surface area contributed by atoms with Crippen molar-refractivity contribution in [2.75, 3.05) is 22.6 Å². The minimum Gasteiger partial charge on any atom is -0.344 e. The van der Waals surface area contributed by atoms with Crippen molar-refractivity contribution in [3.05, 3.63) is 96.2 Å². The summed E-state index contributed by atoms with van der Waals surface area (Å²) in [6.45, 7) is 7.97. The van der Waals surface area contributed by atoms with Crippen LogP contribution in [0.1, 0.15) is 18.1 Å². The van der Waals surface area contributed by atoms with Crippen molar-refractivity contribution in [2.24, 2.45) is 0 Å².